The van der Waals surface area contributed by atoms with Gasteiger partial charge in [0.15, 0.2) is 0 Å². The third kappa shape index (κ3) is 0.879. The molecule has 2 bridgehead atoms. The molecule has 2 heterocycles. The van der Waals surface area contributed by atoms with Crippen LogP contribution >= 0.6 is 0 Å². The van der Waals surface area contributed by atoms with Crippen LogP contribution in [0.2, 0.25) is 0 Å². The molecule has 1 saturated heterocycles. The van der Waals surface area contributed by atoms with Crippen molar-refractivity contribution in [3.8, 4) is 0 Å². The molecule has 0 aromatic carbocycles. The molecular weight excluding hydrogens is 152 g/mol. The second kappa shape index (κ2) is 2.56. The SMILES string of the molecule is C=C1C2C=CC(O2)C1C(=O)CC. The van der Waals surface area contributed by atoms with E-state index in [2.05, 4.69) is 6.58 Å². The van der Waals surface area contributed by atoms with Crippen LogP contribution in [0.25, 0.3) is 0 Å². The van der Waals surface area contributed by atoms with Gasteiger partial charge in [-0.2, -0.15) is 0 Å². The topological polar surface area (TPSA) is 26.3 Å². The Kier molecular flexibility index (Phi) is 1.65. The van der Waals surface area contributed by atoms with Gasteiger partial charge >= 0.3 is 0 Å². The van der Waals surface area contributed by atoms with E-state index in [1.165, 1.54) is 0 Å². The summed E-state index contributed by atoms with van der Waals surface area (Å²) in [6.07, 6.45) is 4.51. The zero-order chi connectivity index (χ0) is 8.72. The van der Waals surface area contributed by atoms with Crippen LogP contribution in [0.5, 0.6) is 0 Å². The molecule has 64 valence electrons. The molecule has 0 N–H and O–H groups in total. The molecule has 2 rings (SSSR count). The standard InChI is InChI=1S/C10H12O2/c1-3-7(11)10-6(2)8-4-5-9(10)12-8/h4-5,8-10H,2-3H2,1H3. The van der Waals surface area contributed by atoms with Crippen molar-refractivity contribution in [3.63, 3.8) is 0 Å². The van der Waals surface area contributed by atoms with Crippen molar-refractivity contribution >= 4 is 5.78 Å². The predicted molar refractivity (Wildman–Crippen MR) is 45.7 cm³/mol. The molecule has 2 heteroatoms. The first-order valence-electron chi connectivity index (χ1n) is 4.29. The Hall–Kier alpha value is -0.890. The lowest BCUT2D eigenvalue weighted by atomic mass is 9.85. The number of ether oxygens (including phenoxy) is 1. The number of hydrogen-bond donors (Lipinski definition) is 0. The van der Waals surface area contributed by atoms with Gasteiger partial charge in [0.05, 0.1) is 18.1 Å². The summed E-state index contributed by atoms with van der Waals surface area (Å²) in [5.74, 6) is 0.182. The molecule has 1 fully saturated rings. The van der Waals surface area contributed by atoms with Crippen molar-refractivity contribution < 1.29 is 9.53 Å². The van der Waals surface area contributed by atoms with E-state index in [-0.39, 0.29) is 23.9 Å². The molecule has 0 spiro atoms. The molecule has 0 radical (unpaired) electrons. The number of Topliss-reactive ketones (excluding diaryl/α,β-unsaturated/α-hetero) is 1. The number of ketones is 1. The van der Waals surface area contributed by atoms with E-state index in [0.29, 0.717) is 6.42 Å². The quantitative estimate of drug-likeness (QED) is 0.578. The Labute approximate surface area is 71.9 Å². The fraction of sp³-hybridized carbons (Fsp3) is 0.500. The van der Waals surface area contributed by atoms with Gasteiger partial charge in [-0.1, -0.05) is 25.7 Å². The molecule has 3 atom stereocenters. The van der Waals surface area contributed by atoms with Crippen molar-refractivity contribution in [2.24, 2.45) is 5.92 Å². The molecule has 0 aliphatic carbocycles. The van der Waals surface area contributed by atoms with Crippen LogP contribution in [0.4, 0.5) is 0 Å². The lowest BCUT2D eigenvalue weighted by molar-refractivity contribution is -0.122. The predicted octanol–water partition coefficient (Wildman–Crippen LogP) is 1.48. The third-order valence-corrected chi connectivity index (χ3v) is 2.57. The van der Waals surface area contributed by atoms with Crippen molar-refractivity contribution in [3.05, 3.63) is 24.3 Å². The number of fused-ring (bicyclic) bond motifs is 2. The molecule has 2 aliphatic heterocycles. The number of hydrogen-bond acceptors (Lipinski definition) is 2. The molecule has 0 saturated carbocycles. The monoisotopic (exact) mass is 164 g/mol. The largest absolute Gasteiger partial charge is 0.361 e. The maximum Gasteiger partial charge on any atom is 0.142 e. The van der Waals surface area contributed by atoms with Crippen LogP contribution in [0.3, 0.4) is 0 Å². The summed E-state index contributed by atoms with van der Waals surface area (Å²) in [4.78, 5) is 11.4. The van der Waals surface area contributed by atoms with E-state index in [1.807, 2.05) is 19.1 Å². The highest BCUT2D eigenvalue weighted by molar-refractivity contribution is 5.85. The highest BCUT2D eigenvalue weighted by Gasteiger charge is 2.43. The lowest BCUT2D eigenvalue weighted by Crippen LogP contribution is -2.23. The van der Waals surface area contributed by atoms with Gasteiger partial charge in [-0.15, -0.1) is 0 Å². The molecule has 3 unspecified atom stereocenters. The Bertz CT molecular complexity index is 265. The van der Waals surface area contributed by atoms with Crippen LogP contribution < -0.4 is 0 Å². The normalized spacial score (nSPS) is 37.8. The average molecular weight is 164 g/mol. The summed E-state index contributed by atoms with van der Waals surface area (Å²) < 4.78 is 5.49. The summed E-state index contributed by atoms with van der Waals surface area (Å²) in [6.45, 7) is 5.77. The molecule has 12 heavy (non-hydrogen) atoms. The van der Waals surface area contributed by atoms with Gasteiger partial charge in [0.2, 0.25) is 0 Å². The summed E-state index contributed by atoms with van der Waals surface area (Å²) in [7, 11) is 0. The summed E-state index contributed by atoms with van der Waals surface area (Å²) in [5, 5.41) is 0. The van der Waals surface area contributed by atoms with Gasteiger partial charge in [-0.05, 0) is 5.57 Å². The first-order chi connectivity index (χ1) is 5.74. The average Bonchev–Trinajstić information content (AvgIpc) is 2.63. The summed E-state index contributed by atoms with van der Waals surface area (Å²) >= 11 is 0. The Balaban J connectivity index is 2.23. The second-order valence-electron chi connectivity index (χ2n) is 3.28. The van der Waals surface area contributed by atoms with Gasteiger partial charge in [-0.25, -0.2) is 0 Å². The van der Waals surface area contributed by atoms with Crippen molar-refractivity contribution in [1.82, 2.24) is 0 Å². The Morgan fingerprint density at radius 3 is 2.92 bits per heavy atom. The molecule has 0 aromatic heterocycles. The Morgan fingerprint density at radius 2 is 2.42 bits per heavy atom. The lowest BCUT2D eigenvalue weighted by Gasteiger charge is -2.14. The minimum Gasteiger partial charge on any atom is -0.361 e. The zero-order valence-electron chi connectivity index (χ0n) is 7.12. The van der Waals surface area contributed by atoms with E-state index in [1.54, 1.807) is 0 Å². The van der Waals surface area contributed by atoms with Crippen molar-refractivity contribution in [2.75, 3.05) is 0 Å². The van der Waals surface area contributed by atoms with Crippen molar-refractivity contribution in [1.29, 1.82) is 0 Å². The van der Waals surface area contributed by atoms with Crippen LogP contribution in [0.15, 0.2) is 24.3 Å². The maximum absolute atomic E-state index is 11.4. The number of rotatable bonds is 2. The minimum absolute atomic E-state index is 0.00972. The van der Waals surface area contributed by atoms with Crippen LogP contribution in [-0.2, 0) is 9.53 Å². The second-order valence-corrected chi connectivity index (χ2v) is 3.28. The molecule has 0 aromatic rings. The highest BCUT2D eigenvalue weighted by atomic mass is 16.5. The van der Waals surface area contributed by atoms with E-state index >= 15 is 0 Å². The molecule has 2 nitrogen and oxygen atoms in total. The van der Waals surface area contributed by atoms with Crippen molar-refractivity contribution in [2.45, 2.75) is 25.6 Å². The fourth-order valence-corrected chi connectivity index (χ4v) is 1.87. The zero-order valence-corrected chi connectivity index (χ0v) is 7.12. The summed E-state index contributed by atoms with van der Waals surface area (Å²) in [6, 6.07) is 0. The van der Waals surface area contributed by atoms with E-state index in [9.17, 15) is 4.79 Å². The van der Waals surface area contributed by atoms with Gasteiger partial charge in [0.25, 0.3) is 0 Å². The fourth-order valence-electron chi connectivity index (χ4n) is 1.87. The van der Waals surface area contributed by atoms with E-state index in [4.69, 9.17) is 4.74 Å². The van der Waals surface area contributed by atoms with Gasteiger partial charge in [0.1, 0.15) is 5.78 Å². The number of carbonyl (C=O) groups is 1. The molecular formula is C10H12O2. The van der Waals surface area contributed by atoms with Gasteiger partial charge in [-0.3, -0.25) is 4.79 Å². The highest BCUT2D eigenvalue weighted by Crippen LogP contribution is 2.38. The maximum atomic E-state index is 11.4. The van der Waals surface area contributed by atoms with Crippen LogP contribution in [0.1, 0.15) is 13.3 Å². The van der Waals surface area contributed by atoms with Gasteiger partial charge in [0, 0.05) is 6.42 Å². The first kappa shape index (κ1) is 7.74. The smallest absolute Gasteiger partial charge is 0.142 e. The third-order valence-electron chi connectivity index (χ3n) is 2.57. The van der Waals surface area contributed by atoms with E-state index < -0.39 is 0 Å². The minimum atomic E-state index is -0.0648. The van der Waals surface area contributed by atoms with Crippen LogP contribution in [0, 0.1) is 5.92 Å². The first-order valence-corrected chi connectivity index (χ1v) is 4.29. The van der Waals surface area contributed by atoms with Crippen LogP contribution in [-0.4, -0.2) is 18.0 Å². The van der Waals surface area contributed by atoms with E-state index in [0.717, 1.165) is 5.57 Å². The Morgan fingerprint density at radius 1 is 1.67 bits per heavy atom. The number of carbonyl (C=O) groups excluding carboxylic acids is 1. The summed E-state index contributed by atoms with van der Waals surface area (Å²) in [5.41, 5.74) is 0.939. The molecule has 0 amide bonds. The van der Waals surface area contributed by atoms with Gasteiger partial charge < -0.3 is 4.74 Å². The molecule has 2 aliphatic rings.